The molecule has 2 heteroatoms. The lowest BCUT2D eigenvalue weighted by molar-refractivity contribution is 0.627. The third-order valence-corrected chi connectivity index (χ3v) is 2.09. The monoisotopic (exact) mass is 186 g/mol. The van der Waals surface area contributed by atoms with Gasteiger partial charge in [-0.3, -0.25) is 0 Å². The van der Waals surface area contributed by atoms with E-state index >= 15 is 0 Å². The average Bonchev–Trinajstić information content (AvgIpc) is 2.07. The standard InChI is InChI=1S/C10H12ClF/c1-2-3-4-8-5-6-10(12)9(11)7-8/h5-7H,2-4H2,1H3. The molecule has 0 atom stereocenters. The Morgan fingerprint density at radius 2 is 2.17 bits per heavy atom. The molecule has 0 nitrogen and oxygen atoms in total. The van der Waals surface area contributed by atoms with E-state index in [0.29, 0.717) is 0 Å². The van der Waals surface area contributed by atoms with Crippen LogP contribution in [-0.2, 0) is 6.42 Å². The normalized spacial score (nSPS) is 10.2. The van der Waals surface area contributed by atoms with E-state index in [1.807, 2.05) is 0 Å². The van der Waals surface area contributed by atoms with Crippen LogP contribution < -0.4 is 0 Å². The Hall–Kier alpha value is -0.560. The van der Waals surface area contributed by atoms with Gasteiger partial charge in [-0.15, -0.1) is 0 Å². The molecule has 0 N–H and O–H groups in total. The maximum Gasteiger partial charge on any atom is 0.141 e. The van der Waals surface area contributed by atoms with Crippen LogP contribution in [0.3, 0.4) is 0 Å². The van der Waals surface area contributed by atoms with E-state index in [4.69, 9.17) is 11.6 Å². The zero-order chi connectivity index (χ0) is 8.97. The number of aryl methyl sites for hydroxylation is 1. The highest BCUT2D eigenvalue weighted by Crippen LogP contribution is 2.17. The molecule has 0 aromatic heterocycles. The Labute approximate surface area is 77.4 Å². The smallest absolute Gasteiger partial charge is 0.141 e. The molecule has 0 bridgehead atoms. The summed E-state index contributed by atoms with van der Waals surface area (Å²) >= 11 is 5.62. The summed E-state index contributed by atoms with van der Waals surface area (Å²) in [6.07, 6.45) is 3.26. The van der Waals surface area contributed by atoms with Crippen LogP contribution in [0, 0.1) is 5.82 Å². The minimum Gasteiger partial charge on any atom is -0.205 e. The van der Waals surface area contributed by atoms with Gasteiger partial charge in [-0.05, 0) is 30.5 Å². The third-order valence-electron chi connectivity index (χ3n) is 1.80. The van der Waals surface area contributed by atoms with Gasteiger partial charge in [0.25, 0.3) is 0 Å². The highest BCUT2D eigenvalue weighted by Gasteiger charge is 1.99. The Morgan fingerprint density at radius 3 is 2.75 bits per heavy atom. The summed E-state index contributed by atoms with van der Waals surface area (Å²) in [5, 5.41) is 0.226. The van der Waals surface area contributed by atoms with Crippen molar-refractivity contribution in [1.82, 2.24) is 0 Å². The molecule has 0 saturated heterocycles. The maximum absolute atomic E-state index is 12.7. The summed E-state index contributed by atoms with van der Waals surface area (Å²) < 4.78 is 12.7. The van der Waals surface area contributed by atoms with Crippen molar-refractivity contribution in [1.29, 1.82) is 0 Å². The van der Waals surface area contributed by atoms with Crippen LogP contribution in [0.1, 0.15) is 25.3 Å². The van der Waals surface area contributed by atoms with E-state index in [9.17, 15) is 4.39 Å². The van der Waals surface area contributed by atoms with Crippen molar-refractivity contribution in [3.05, 3.63) is 34.6 Å². The summed E-state index contributed by atoms with van der Waals surface area (Å²) in [6, 6.07) is 4.91. The molecule has 0 spiro atoms. The molecule has 0 heterocycles. The van der Waals surface area contributed by atoms with Gasteiger partial charge < -0.3 is 0 Å². The number of halogens is 2. The summed E-state index contributed by atoms with van der Waals surface area (Å²) in [4.78, 5) is 0. The molecule has 0 fully saturated rings. The van der Waals surface area contributed by atoms with Crippen molar-refractivity contribution < 1.29 is 4.39 Å². The highest BCUT2D eigenvalue weighted by molar-refractivity contribution is 6.30. The number of rotatable bonds is 3. The first-order chi connectivity index (χ1) is 5.74. The van der Waals surface area contributed by atoms with E-state index in [1.54, 1.807) is 12.1 Å². The highest BCUT2D eigenvalue weighted by atomic mass is 35.5. The fraction of sp³-hybridized carbons (Fsp3) is 0.400. The molecule has 1 aromatic carbocycles. The first-order valence-electron chi connectivity index (χ1n) is 4.18. The average molecular weight is 187 g/mol. The van der Waals surface area contributed by atoms with Crippen LogP contribution in [0.15, 0.2) is 18.2 Å². The molecule has 0 aliphatic rings. The molecule has 1 rings (SSSR count). The van der Waals surface area contributed by atoms with Crippen LogP contribution >= 0.6 is 11.6 Å². The van der Waals surface area contributed by atoms with Crippen LogP contribution in [0.25, 0.3) is 0 Å². The van der Waals surface area contributed by atoms with Gasteiger partial charge in [-0.2, -0.15) is 0 Å². The van der Waals surface area contributed by atoms with Crippen LogP contribution in [-0.4, -0.2) is 0 Å². The second kappa shape index (κ2) is 4.46. The van der Waals surface area contributed by atoms with Crippen molar-refractivity contribution in [2.45, 2.75) is 26.2 Å². The Morgan fingerprint density at radius 1 is 1.42 bits per heavy atom. The molecular weight excluding hydrogens is 175 g/mol. The predicted molar refractivity (Wildman–Crippen MR) is 50.0 cm³/mol. The van der Waals surface area contributed by atoms with E-state index in [2.05, 4.69) is 6.92 Å². The van der Waals surface area contributed by atoms with Crippen molar-refractivity contribution in [2.75, 3.05) is 0 Å². The summed E-state index contributed by atoms with van der Waals surface area (Å²) in [6.45, 7) is 2.13. The molecule has 0 amide bonds. The lowest BCUT2D eigenvalue weighted by Gasteiger charge is -2.00. The third kappa shape index (κ3) is 2.49. The van der Waals surface area contributed by atoms with Gasteiger partial charge in [0.2, 0.25) is 0 Å². The topological polar surface area (TPSA) is 0 Å². The molecule has 0 radical (unpaired) electrons. The molecule has 12 heavy (non-hydrogen) atoms. The van der Waals surface area contributed by atoms with E-state index < -0.39 is 0 Å². The Balaban J connectivity index is 2.69. The van der Waals surface area contributed by atoms with Gasteiger partial charge in [0.1, 0.15) is 5.82 Å². The lowest BCUT2D eigenvalue weighted by atomic mass is 10.1. The molecule has 0 aliphatic carbocycles. The largest absolute Gasteiger partial charge is 0.205 e. The van der Waals surface area contributed by atoms with E-state index in [0.717, 1.165) is 24.8 Å². The van der Waals surface area contributed by atoms with Crippen molar-refractivity contribution in [2.24, 2.45) is 0 Å². The quantitative estimate of drug-likeness (QED) is 0.673. The molecule has 0 saturated carbocycles. The number of hydrogen-bond acceptors (Lipinski definition) is 0. The Kier molecular flexibility index (Phi) is 3.54. The first kappa shape index (κ1) is 9.53. The molecule has 0 aliphatic heterocycles. The SMILES string of the molecule is CCCCc1ccc(F)c(Cl)c1. The van der Waals surface area contributed by atoms with E-state index in [-0.39, 0.29) is 10.8 Å². The number of benzene rings is 1. The zero-order valence-corrected chi connectivity index (χ0v) is 7.87. The van der Waals surface area contributed by atoms with E-state index in [1.165, 1.54) is 6.07 Å². The number of unbranched alkanes of at least 4 members (excludes halogenated alkanes) is 1. The van der Waals surface area contributed by atoms with Gasteiger partial charge in [-0.1, -0.05) is 31.0 Å². The second-order valence-electron chi connectivity index (χ2n) is 2.85. The fourth-order valence-corrected chi connectivity index (χ4v) is 1.28. The fourth-order valence-electron chi connectivity index (χ4n) is 1.08. The molecule has 66 valence electrons. The maximum atomic E-state index is 12.7. The molecular formula is C10H12ClF. The first-order valence-corrected chi connectivity index (χ1v) is 4.55. The molecule has 0 unspecified atom stereocenters. The van der Waals surface area contributed by atoms with Crippen molar-refractivity contribution in [3.63, 3.8) is 0 Å². The second-order valence-corrected chi connectivity index (χ2v) is 3.26. The van der Waals surface area contributed by atoms with Gasteiger partial charge in [0.05, 0.1) is 5.02 Å². The predicted octanol–water partition coefficient (Wildman–Crippen LogP) is 3.82. The van der Waals surface area contributed by atoms with Gasteiger partial charge >= 0.3 is 0 Å². The van der Waals surface area contributed by atoms with Crippen LogP contribution in [0.4, 0.5) is 4.39 Å². The lowest BCUT2D eigenvalue weighted by Crippen LogP contribution is -1.85. The number of hydrogen-bond donors (Lipinski definition) is 0. The molecule has 1 aromatic rings. The van der Waals surface area contributed by atoms with Crippen molar-refractivity contribution in [3.8, 4) is 0 Å². The van der Waals surface area contributed by atoms with Gasteiger partial charge in [0.15, 0.2) is 0 Å². The van der Waals surface area contributed by atoms with Crippen molar-refractivity contribution >= 4 is 11.6 Å². The van der Waals surface area contributed by atoms with Crippen LogP contribution in [0.2, 0.25) is 5.02 Å². The van der Waals surface area contributed by atoms with Gasteiger partial charge in [0, 0.05) is 0 Å². The van der Waals surface area contributed by atoms with Crippen LogP contribution in [0.5, 0.6) is 0 Å². The minimum atomic E-state index is -0.336. The minimum absolute atomic E-state index is 0.226. The van der Waals surface area contributed by atoms with Gasteiger partial charge in [-0.25, -0.2) is 4.39 Å². The summed E-state index contributed by atoms with van der Waals surface area (Å²) in [7, 11) is 0. The summed E-state index contributed by atoms with van der Waals surface area (Å²) in [5.41, 5.74) is 1.11. The Bertz CT molecular complexity index is 258. The summed E-state index contributed by atoms with van der Waals surface area (Å²) in [5.74, 6) is -0.336. The zero-order valence-electron chi connectivity index (χ0n) is 7.11.